The first-order valence-corrected chi connectivity index (χ1v) is 9.87. The molecule has 0 aliphatic heterocycles. The molecule has 0 spiro atoms. The van der Waals surface area contributed by atoms with Crippen LogP contribution in [0.2, 0.25) is 0 Å². The average Bonchev–Trinajstić information content (AvgIpc) is 3.12. The summed E-state index contributed by atoms with van der Waals surface area (Å²) in [7, 11) is 0. The molecule has 3 aromatic heterocycles. The molecule has 0 radical (unpaired) electrons. The standard InChI is InChI=1S/C21H24N4OS/c1-16-8-13-27-19(16)21(20(22)26,9-6-17-4-2-10-23-14-17)25-12-7-18-5-3-11-24-15-18/h2-5,8,10-11,13-15,25H,6-7,9,12H2,1H3,(H2,22,26). The number of nitrogens with two attached hydrogens (primary N) is 1. The number of hydrogen-bond donors (Lipinski definition) is 2. The van der Waals surface area contributed by atoms with Crippen molar-refractivity contribution >= 4 is 17.2 Å². The van der Waals surface area contributed by atoms with E-state index in [9.17, 15) is 4.79 Å². The Morgan fingerprint density at radius 1 is 1.11 bits per heavy atom. The first kappa shape index (κ1) is 19.2. The molecule has 6 heteroatoms. The van der Waals surface area contributed by atoms with E-state index in [0.717, 1.165) is 28.0 Å². The number of nitrogens with zero attached hydrogens (tertiary/aromatic N) is 2. The Hall–Kier alpha value is -2.57. The highest BCUT2D eigenvalue weighted by molar-refractivity contribution is 7.10. The SMILES string of the molecule is Cc1ccsc1C(CCc1cccnc1)(NCCc1cccnc1)C(N)=O. The van der Waals surface area contributed by atoms with Crippen molar-refractivity contribution in [3.63, 3.8) is 0 Å². The van der Waals surface area contributed by atoms with Gasteiger partial charge in [-0.25, -0.2) is 0 Å². The first-order valence-electron chi connectivity index (χ1n) is 8.99. The average molecular weight is 381 g/mol. The molecule has 5 nitrogen and oxygen atoms in total. The van der Waals surface area contributed by atoms with Gasteiger partial charge < -0.3 is 5.73 Å². The van der Waals surface area contributed by atoms with Crippen molar-refractivity contribution in [2.24, 2.45) is 5.73 Å². The normalized spacial score (nSPS) is 13.2. The number of aryl methyl sites for hydroxylation is 2. The highest BCUT2D eigenvalue weighted by Gasteiger charge is 2.39. The molecule has 3 rings (SSSR count). The van der Waals surface area contributed by atoms with Crippen molar-refractivity contribution in [2.45, 2.75) is 31.7 Å². The van der Waals surface area contributed by atoms with Crippen LogP contribution in [0.1, 0.15) is 28.0 Å². The lowest BCUT2D eigenvalue weighted by Gasteiger charge is -2.32. The Bertz CT molecular complexity index is 866. The highest BCUT2D eigenvalue weighted by Crippen LogP contribution is 2.33. The summed E-state index contributed by atoms with van der Waals surface area (Å²) >= 11 is 1.57. The zero-order valence-corrected chi connectivity index (χ0v) is 16.2. The van der Waals surface area contributed by atoms with E-state index in [-0.39, 0.29) is 5.91 Å². The van der Waals surface area contributed by atoms with Crippen LogP contribution in [0.5, 0.6) is 0 Å². The van der Waals surface area contributed by atoms with Crippen LogP contribution in [-0.4, -0.2) is 22.4 Å². The van der Waals surface area contributed by atoms with Crippen LogP contribution in [0.15, 0.2) is 60.5 Å². The van der Waals surface area contributed by atoms with E-state index in [1.54, 1.807) is 23.7 Å². The van der Waals surface area contributed by atoms with E-state index in [2.05, 4.69) is 15.3 Å². The van der Waals surface area contributed by atoms with Crippen molar-refractivity contribution in [2.75, 3.05) is 6.54 Å². The molecular formula is C21H24N4OS. The van der Waals surface area contributed by atoms with Gasteiger partial charge in [0.15, 0.2) is 0 Å². The Labute approximate surface area is 163 Å². The predicted octanol–water partition coefficient (Wildman–Crippen LogP) is 2.99. The number of amides is 1. The van der Waals surface area contributed by atoms with Gasteiger partial charge in [0.2, 0.25) is 5.91 Å². The minimum Gasteiger partial charge on any atom is -0.368 e. The number of carbonyl (C=O) groups excluding carboxylic acids is 1. The third kappa shape index (κ3) is 4.59. The molecule has 140 valence electrons. The number of thiophene rings is 1. The molecule has 1 unspecified atom stereocenters. The topological polar surface area (TPSA) is 80.9 Å². The quantitative estimate of drug-likeness (QED) is 0.598. The van der Waals surface area contributed by atoms with Crippen LogP contribution >= 0.6 is 11.3 Å². The molecule has 3 heterocycles. The van der Waals surface area contributed by atoms with Gasteiger partial charge >= 0.3 is 0 Å². The van der Waals surface area contributed by atoms with Gasteiger partial charge in [0, 0.05) is 36.2 Å². The largest absolute Gasteiger partial charge is 0.368 e. The number of aromatic nitrogens is 2. The number of carbonyl (C=O) groups is 1. The van der Waals surface area contributed by atoms with E-state index in [4.69, 9.17) is 5.73 Å². The Morgan fingerprint density at radius 2 is 1.78 bits per heavy atom. The van der Waals surface area contributed by atoms with E-state index in [0.29, 0.717) is 19.4 Å². The molecule has 1 atom stereocenters. The van der Waals surface area contributed by atoms with Crippen LogP contribution in [0, 0.1) is 6.92 Å². The molecule has 0 fully saturated rings. The van der Waals surface area contributed by atoms with Gasteiger partial charge in [-0.05, 0) is 66.5 Å². The fourth-order valence-corrected chi connectivity index (χ4v) is 4.40. The van der Waals surface area contributed by atoms with Crippen molar-refractivity contribution in [1.82, 2.24) is 15.3 Å². The molecule has 27 heavy (non-hydrogen) atoms. The lowest BCUT2D eigenvalue weighted by atomic mass is 9.87. The monoisotopic (exact) mass is 380 g/mol. The van der Waals surface area contributed by atoms with Crippen LogP contribution in [0.4, 0.5) is 0 Å². The van der Waals surface area contributed by atoms with E-state index < -0.39 is 5.54 Å². The molecule has 3 N–H and O–H groups in total. The Morgan fingerprint density at radius 3 is 2.30 bits per heavy atom. The maximum Gasteiger partial charge on any atom is 0.243 e. The molecule has 0 aromatic carbocycles. The molecule has 0 saturated carbocycles. The van der Waals surface area contributed by atoms with E-state index in [1.807, 2.05) is 55.0 Å². The molecule has 0 aliphatic rings. The summed E-state index contributed by atoms with van der Waals surface area (Å²) in [5.74, 6) is -0.344. The third-order valence-electron chi connectivity index (χ3n) is 4.75. The van der Waals surface area contributed by atoms with E-state index in [1.165, 1.54) is 0 Å². The lowest BCUT2D eigenvalue weighted by molar-refractivity contribution is -0.125. The summed E-state index contributed by atoms with van der Waals surface area (Å²) in [4.78, 5) is 22.0. The van der Waals surface area contributed by atoms with E-state index >= 15 is 0 Å². The second-order valence-corrected chi connectivity index (χ2v) is 7.52. The zero-order chi connectivity index (χ0) is 19.1. The summed E-state index contributed by atoms with van der Waals surface area (Å²) in [5.41, 5.74) is 8.36. The molecule has 0 aliphatic carbocycles. The maximum absolute atomic E-state index is 12.7. The summed E-state index contributed by atoms with van der Waals surface area (Å²) < 4.78 is 0. The van der Waals surface area contributed by atoms with Gasteiger partial charge in [0.05, 0.1) is 0 Å². The predicted molar refractivity (Wildman–Crippen MR) is 108 cm³/mol. The van der Waals surface area contributed by atoms with Crippen LogP contribution in [0.3, 0.4) is 0 Å². The molecule has 1 amide bonds. The fraction of sp³-hybridized carbons (Fsp3) is 0.286. The van der Waals surface area contributed by atoms with Crippen molar-refractivity contribution < 1.29 is 4.79 Å². The molecular weight excluding hydrogens is 356 g/mol. The molecule has 0 saturated heterocycles. The molecule has 3 aromatic rings. The van der Waals surface area contributed by atoms with Crippen molar-refractivity contribution in [1.29, 1.82) is 0 Å². The third-order valence-corrected chi connectivity index (χ3v) is 5.92. The highest BCUT2D eigenvalue weighted by atomic mass is 32.1. The smallest absolute Gasteiger partial charge is 0.243 e. The summed E-state index contributed by atoms with van der Waals surface area (Å²) in [6.45, 7) is 2.66. The fourth-order valence-electron chi connectivity index (χ4n) is 3.26. The second-order valence-electron chi connectivity index (χ2n) is 6.60. The maximum atomic E-state index is 12.7. The second kappa shape index (κ2) is 8.88. The lowest BCUT2D eigenvalue weighted by Crippen LogP contribution is -2.53. The summed E-state index contributed by atoms with van der Waals surface area (Å²) in [6, 6.07) is 9.92. The van der Waals surface area contributed by atoms with Crippen LogP contribution in [0.25, 0.3) is 0 Å². The van der Waals surface area contributed by atoms with Crippen molar-refractivity contribution in [3.8, 4) is 0 Å². The number of primary amides is 1. The van der Waals surface area contributed by atoms with Gasteiger partial charge in [-0.1, -0.05) is 12.1 Å². The number of nitrogens with one attached hydrogen (secondary N) is 1. The summed E-state index contributed by atoms with van der Waals surface area (Å²) in [5, 5.41) is 5.49. The molecule has 0 bridgehead atoms. The van der Waals surface area contributed by atoms with Gasteiger partial charge in [-0.15, -0.1) is 11.3 Å². The summed E-state index contributed by atoms with van der Waals surface area (Å²) in [6.07, 6.45) is 9.27. The number of hydrogen-bond acceptors (Lipinski definition) is 5. The zero-order valence-electron chi connectivity index (χ0n) is 15.4. The van der Waals surface area contributed by atoms with Crippen LogP contribution < -0.4 is 11.1 Å². The Kier molecular flexibility index (Phi) is 6.32. The minimum absolute atomic E-state index is 0.344. The van der Waals surface area contributed by atoms with Gasteiger partial charge in [0.25, 0.3) is 0 Å². The first-order chi connectivity index (χ1) is 13.1. The van der Waals surface area contributed by atoms with Crippen molar-refractivity contribution in [3.05, 3.63) is 82.1 Å². The Balaban J connectivity index is 1.82. The minimum atomic E-state index is -0.893. The number of rotatable bonds is 9. The van der Waals surface area contributed by atoms with Crippen LogP contribution in [-0.2, 0) is 23.2 Å². The van der Waals surface area contributed by atoms with Gasteiger partial charge in [-0.2, -0.15) is 0 Å². The van der Waals surface area contributed by atoms with Gasteiger partial charge in [0.1, 0.15) is 5.54 Å². The number of pyridine rings is 2. The van der Waals surface area contributed by atoms with Gasteiger partial charge in [-0.3, -0.25) is 20.1 Å².